The molecule has 2 aliphatic heterocycles. The summed E-state index contributed by atoms with van der Waals surface area (Å²) < 4.78 is 25.2. The van der Waals surface area contributed by atoms with Crippen molar-refractivity contribution in [1.82, 2.24) is 4.90 Å². The fourth-order valence-corrected chi connectivity index (χ4v) is 4.58. The highest BCUT2D eigenvalue weighted by molar-refractivity contribution is 7.92. The molecule has 136 valence electrons. The van der Waals surface area contributed by atoms with Crippen molar-refractivity contribution in [3.8, 4) is 0 Å². The number of likely N-dealkylation sites (tertiary alicyclic amines) is 1. The van der Waals surface area contributed by atoms with Crippen LogP contribution in [-0.2, 0) is 21.2 Å². The van der Waals surface area contributed by atoms with Gasteiger partial charge in [0.25, 0.3) is 5.91 Å². The number of rotatable bonds is 3. The van der Waals surface area contributed by atoms with E-state index in [2.05, 4.69) is 0 Å². The Hall–Kier alpha value is -2.09. The summed E-state index contributed by atoms with van der Waals surface area (Å²) in [5, 5.41) is 9.17. The summed E-state index contributed by atoms with van der Waals surface area (Å²) in [6.07, 6.45) is 3.88. The zero-order valence-electron chi connectivity index (χ0n) is 14.1. The van der Waals surface area contributed by atoms with Gasteiger partial charge >= 0.3 is 5.97 Å². The van der Waals surface area contributed by atoms with Crippen LogP contribution in [0.15, 0.2) is 18.2 Å². The average Bonchev–Trinajstić information content (AvgIpc) is 2.59. The Morgan fingerprint density at radius 2 is 1.96 bits per heavy atom. The van der Waals surface area contributed by atoms with Crippen LogP contribution in [0.5, 0.6) is 0 Å². The molecule has 8 heteroatoms. The van der Waals surface area contributed by atoms with Gasteiger partial charge in [0.2, 0.25) is 10.0 Å². The summed E-state index contributed by atoms with van der Waals surface area (Å²) in [5.74, 6) is -1.58. The van der Waals surface area contributed by atoms with Gasteiger partial charge in [0.15, 0.2) is 0 Å². The molecule has 0 radical (unpaired) electrons. The van der Waals surface area contributed by atoms with Crippen LogP contribution >= 0.6 is 0 Å². The molecule has 7 nitrogen and oxygen atoms in total. The fourth-order valence-electron chi connectivity index (χ4n) is 3.59. The van der Waals surface area contributed by atoms with Gasteiger partial charge in [-0.2, -0.15) is 0 Å². The smallest absolute Gasteiger partial charge is 0.308 e. The lowest BCUT2D eigenvalue weighted by atomic mass is 9.96. The van der Waals surface area contributed by atoms with Crippen molar-refractivity contribution >= 4 is 27.6 Å². The first-order valence-electron chi connectivity index (χ1n) is 8.40. The highest BCUT2D eigenvalue weighted by Gasteiger charge is 2.30. The standard InChI is InChI=1S/C17H22N2O5S/c1-25(23,24)19-9-3-4-12-10-13(6-7-15(12)19)16(20)18-8-2-5-14(11-18)17(21)22/h6-7,10,14H,2-5,8-9,11H2,1H3,(H,21,22). The molecule has 1 aromatic carbocycles. The maximum Gasteiger partial charge on any atom is 0.308 e. The monoisotopic (exact) mass is 366 g/mol. The topological polar surface area (TPSA) is 95.0 Å². The van der Waals surface area contributed by atoms with Crippen LogP contribution in [0.1, 0.15) is 35.2 Å². The Bertz CT molecular complexity index is 805. The minimum atomic E-state index is -3.34. The van der Waals surface area contributed by atoms with Crippen LogP contribution < -0.4 is 4.31 Å². The lowest BCUT2D eigenvalue weighted by Gasteiger charge is -2.32. The number of hydrogen-bond donors (Lipinski definition) is 1. The second-order valence-corrected chi connectivity index (χ2v) is 8.62. The van der Waals surface area contributed by atoms with E-state index in [-0.39, 0.29) is 12.5 Å². The van der Waals surface area contributed by atoms with E-state index in [1.807, 2.05) is 0 Å². The van der Waals surface area contributed by atoms with Gasteiger partial charge in [-0.15, -0.1) is 0 Å². The maximum absolute atomic E-state index is 12.7. The summed E-state index contributed by atoms with van der Waals surface area (Å²) in [6.45, 7) is 1.22. The summed E-state index contributed by atoms with van der Waals surface area (Å²) in [7, 11) is -3.34. The minimum Gasteiger partial charge on any atom is -0.481 e. The Labute approximate surface area is 147 Å². The van der Waals surface area contributed by atoms with E-state index in [1.54, 1.807) is 23.1 Å². The van der Waals surface area contributed by atoms with Crippen molar-refractivity contribution in [3.63, 3.8) is 0 Å². The number of carboxylic acids is 1. The summed E-state index contributed by atoms with van der Waals surface area (Å²) in [4.78, 5) is 25.5. The number of carbonyl (C=O) groups excluding carboxylic acids is 1. The van der Waals surface area contributed by atoms with Crippen molar-refractivity contribution in [2.24, 2.45) is 5.92 Å². The SMILES string of the molecule is CS(=O)(=O)N1CCCc2cc(C(=O)N3CCCC(C(=O)O)C3)ccc21. The number of aryl methyl sites for hydroxylation is 1. The molecular weight excluding hydrogens is 344 g/mol. The number of sulfonamides is 1. The third-order valence-electron chi connectivity index (χ3n) is 4.86. The molecular formula is C17H22N2O5S. The fraction of sp³-hybridized carbons (Fsp3) is 0.529. The Balaban J connectivity index is 1.84. The third-order valence-corrected chi connectivity index (χ3v) is 6.04. The molecule has 1 atom stereocenters. The predicted molar refractivity (Wildman–Crippen MR) is 93.2 cm³/mol. The Morgan fingerprint density at radius 3 is 2.64 bits per heavy atom. The van der Waals surface area contributed by atoms with Gasteiger partial charge in [0.05, 0.1) is 17.9 Å². The van der Waals surface area contributed by atoms with Crippen LogP contribution in [-0.4, -0.2) is 56.2 Å². The highest BCUT2D eigenvalue weighted by Crippen LogP contribution is 2.30. The third kappa shape index (κ3) is 3.63. The molecule has 1 saturated heterocycles. The summed E-state index contributed by atoms with van der Waals surface area (Å²) in [5.41, 5.74) is 1.96. The second-order valence-electron chi connectivity index (χ2n) is 6.71. The molecule has 0 bridgehead atoms. The highest BCUT2D eigenvalue weighted by atomic mass is 32.2. The van der Waals surface area contributed by atoms with Gasteiger partial charge in [0, 0.05) is 25.2 Å². The van der Waals surface area contributed by atoms with E-state index in [1.165, 1.54) is 10.6 Å². The first-order valence-corrected chi connectivity index (χ1v) is 10.2. The van der Waals surface area contributed by atoms with Gasteiger partial charge in [-0.05, 0) is 49.4 Å². The van der Waals surface area contributed by atoms with E-state index in [4.69, 9.17) is 0 Å². The Morgan fingerprint density at radius 1 is 1.20 bits per heavy atom. The van der Waals surface area contributed by atoms with Gasteiger partial charge in [-0.3, -0.25) is 13.9 Å². The Kier molecular flexibility index (Phi) is 4.73. The van der Waals surface area contributed by atoms with Gasteiger partial charge in [0.1, 0.15) is 0 Å². The van der Waals surface area contributed by atoms with Crippen LogP contribution in [0.4, 0.5) is 5.69 Å². The molecule has 1 amide bonds. The molecule has 2 heterocycles. The molecule has 1 N–H and O–H groups in total. The van der Waals surface area contributed by atoms with Gasteiger partial charge in [-0.1, -0.05) is 0 Å². The molecule has 1 fully saturated rings. The number of anilines is 1. The van der Waals surface area contributed by atoms with Crippen LogP contribution in [0, 0.1) is 5.92 Å². The minimum absolute atomic E-state index is 0.190. The van der Waals surface area contributed by atoms with Crippen molar-refractivity contribution in [2.45, 2.75) is 25.7 Å². The van der Waals surface area contributed by atoms with Crippen molar-refractivity contribution in [3.05, 3.63) is 29.3 Å². The molecule has 0 aromatic heterocycles. The van der Waals surface area contributed by atoms with Crippen LogP contribution in [0.3, 0.4) is 0 Å². The molecule has 3 rings (SSSR count). The van der Waals surface area contributed by atoms with Crippen LogP contribution in [0.25, 0.3) is 0 Å². The lowest BCUT2D eigenvalue weighted by molar-refractivity contribution is -0.143. The number of nitrogens with zero attached hydrogens (tertiary/aromatic N) is 2. The number of hydrogen-bond acceptors (Lipinski definition) is 4. The number of amides is 1. The zero-order valence-corrected chi connectivity index (χ0v) is 15.0. The van der Waals surface area contributed by atoms with Gasteiger partial charge < -0.3 is 10.0 Å². The predicted octanol–water partition coefficient (Wildman–Crippen LogP) is 1.34. The largest absolute Gasteiger partial charge is 0.481 e. The molecule has 0 spiro atoms. The average molecular weight is 366 g/mol. The zero-order chi connectivity index (χ0) is 18.2. The number of fused-ring (bicyclic) bond motifs is 1. The first kappa shape index (κ1) is 17.7. The molecule has 25 heavy (non-hydrogen) atoms. The molecule has 0 aliphatic carbocycles. The van der Waals surface area contributed by atoms with Gasteiger partial charge in [-0.25, -0.2) is 8.42 Å². The van der Waals surface area contributed by atoms with E-state index in [0.29, 0.717) is 43.6 Å². The van der Waals surface area contributed by atoms with Crippen LogP contribution in [0.2, 0.25) is 0 Å². The molecule has 2 aliphatic rings. The van der Waals surface area contributed by atoms with E-state index in [0.717, 1.165) is 12.0 Å². The van der Waals surface area contributed by atoms with E-state index >= 15 is 0 Å². The number of carbonyl (C=O) groups is 2. The molecule has 1 unspecified atom stereocenters. The summed E-state index contributed by atoms with van der Waals surface area (Å²) in [6, 6.07) is 5.07. The quantitative estimate of drug-likeness (QED) is 0.871. The van der Waals surface area contributed by atoms with Crippen molar-refractivity contribution in [2.75, 3.05) is 30.2 Å². The number of aliphatic carboxylic acids is 1. The van der Waals surface area contributed by atoms with Crippen molar-refractivity contribution < 1.29 is 23.1 Å². The van der Waals surface area contributed by atoms with E-state index < -0.39 is 21.9 Å². The lowest BCUT2D eigenvalue weighted by Crippen LogP contribution is -2.42. The molecule has 0 saturated carbocycles. The normalized spacial score (nSPS) is 20.9. The number of carboxylic acid groups (broad SMARTS) is 1. The maximum atomic E-state index is 12.7. The number of piperidine rings is 1. The molecule has 1 aromatic rings. The second kappa shape index (κ2) is 6.67. The van der Waals surface area contributed by atoms with Crippen molar-refractivity contribution in [1.29, 1.82) is 0 Å². The van der Waals surface area contributed by atoms with E-state index in [9.17, 15) is 23.1 Å². The summed E-state index contributed by atoms with van der Waals surface area (Å²) >= 11 is 0. The number of benzene rings is 1. The first-order chi connectivity index (χ1) is 11.8.